The Hall–Kier alpha value is -2.27. The fraction of sp³-hybridized carbons (Fsp3) is 0.211. The van der Waals surface area contributed by atoms with Crippen molar-refractivity contribution in [3.05, 3.63) is 70.0 Å². The quantitative estimate of drug-likeness (QED) is 0.679. The van der Waals surface area contributed by atoms with Crippen LogP contribution in [-0.4, -0.2) is 17.4 Å². The van der Waals surface area contributed by atoms with Gasteiger partial charge in [-0.15, -0.1) is 0 Å². The maximum absolute atomic E-state index is 13.9. The van der Waals surface area contributed by atoms with Crippen LogP contribution in [-0.2, 0) is 4.79 Å². The topological polar surface area (TPSA) is 20.3 Å². The van der Waals surface area contributed by atoms with Gasteiger partial charge in [0.05, 0.1) is 10.7 Å². The second-order valence-corrected chi connectivity index (χ2v) is 6.10. The summed E-state index contributed by atoms with van der Waals surface area (Å²) in [6.45, 7) is 2.18. The Morgan fingerprint density at radius 3 is 2.36 bits per heavy atom. The van der Waals surface area contributed by atoms with Crippen LogP contribution in [0, 0.1) is 17.5 Å². The molecule has 25 heavy (non-hydrogen) atoms. The Morgan fingerprint density at radius 1 is 1.04 bits per heavy atom. The molecule has 1 amide bonds. The van der Waals surface area contributed by atoms with Gasteiger partial charge in [0.2, 0.25) is 5.91 Å². The summed E-state index contributed by atoms with van der Waals surface area (Å²) in [5.74, 6) is -2.12. The lowest BCUT2D eigenvalue weighted by Crippen LogP contribution is -2.33. The van der Waals surface area contributed by atoms with Crippen molar-refractivity contribution in [2.24, 2.45) is 0 Å². The molecule has 0 radical (unpaired) electrons. The first-order valence-electron chi connectivity index (χ1n) is 7.86. The van der Waals surface area contributed by atoms with Gasteiger partial charge in [0.15, 0.2) is 0 Å². The number of hydrogen-bond acceptors (Lipinski definition) is 1. The molecule has 1 heterocycles. The Kier molecular flexibility index (Phi) is 4.86. The van der Waals surface area contributed by atoms with Gasteiger partial charge in [0, 0.05) is 24.6 Å². The predicted molar refractivity (Wildman–Crippen MR) is 91.2 cm³/mol. The molecule has 0 spiro atoms. The van der Waals surface area contributed by atoms with Gasteiger partial charge in [-0.05, 0) is 54.8 Å². The van der Waals surface area contributed by atoms with E-state index in [2.05, 4.69) is 0 Å². The van der Waals surface area contributed by atoms with Crippen LogP contribution >= 0.6 is 11.6 Å². The lowest BCUT2D eigenvalue weighted by Gasteiger charge is -2.32. The number of amides is 1. The minimum Gasteiger partial charge on any atom is -0.312 e. The minimum atomic E-state index is -0.859. The van der Waals surface area contributed by atoms with Crippen molar-refractivity contribution in [2.45, 2.75) is 19.8 Å². The van der Waals surface area contributed by atoms with Crippen LogP contribution in [0.5, 0.6) is 0 Å². The number of rotatable bonds is 3. The van der Waals surface area contributed by atoms with E-state index in [0.29, 0.717) is 29.8 Å². The fourth-order valence-electron chi connectivity index (χ4n) is 3.08. The largest absolute Gasteiger partial charge is 0.312 e. The van der Waals surface area contributed by atoms with Crippen LogP contribution in [0.3, 0.4) is 0 Å². The van der Waals surface area contributed by atoms with E-state index < -0.39 is 17.5 Å². The molecule has 3 rings (SSSR count). The van der Waals surface area contributed by atoms with Gasteiger partial charge in [0.1, 0.15) is 17.5 Å². The maximum atomic E-state index is 13.9. The van der Waals surface area contributed by atoms with Crippen LogP contribution in [0.25, 0.3) is 11.3 Å². The SMILES string of the molecule is CCN1C(=O)CCC(c2cc(F)cc(F)c2Cl)=C1c1ccc(F)cc1. The van der Waals surface area contributed by atoms with Gasteiger partial charge >= 0.3 is 0 Å². The summed E-state index contributed by atoms with van der Waals surface area (Å²) in [4.78, 5) is 13.8. The zero-order valence-corrected chi connectivity index (χ0v) is 14.2. The first kappa shape index (κ1) is 17.5. The van der Waals surface area contributed by atoms with Gasteiger partial charge < -0.3 is 4.90 Å². The molecule has 2 aromatic carbocycles. The summed E-state index contributed by atoms with van der Waals surface area (Å²) < 4.78 is 40.9. The molecule has 0 aliphatic carbocycles. The highest BCUT2D eigenvalue weighted by Gasteiger charge is 2.29. The van der Waals surface area contributed by atoms with Crippen molar-refractivity contribution in [2.75, 3.05) is 6.54 Å². The number of benzene rings is 2. The van der Waals surface area contributed by atoms with E-state index in [9.17, 15) is 18.0 Å². The van der Waals surface area contributed by atoms with E-state index in [4.69, 9.17) is 11.6 Å². The predicted octanol–water partition coefficient (Wildman–Crippen LogP) is 5.27. The lowest BCUT2D eigenvalue weighted by molar-refractivity contribution is -0.128. The van der Waals surface area contributed by atoms with Gasteiger partial charge in [-0.3, -0.25) is 4.79 Å². The zero-order valence-electron chi connectivity index (χ0n) is 13.5. The van der Waals surface area contributed by atoms with Crippen LogP contribution < -0.4 is 0 Å². The summed E-state index contributed by atoms with van der Waals surface area (Å²) in [6, 6.07) is 7.51. The van der Waals surface area contributed by atoms with Gasteiger partial charge in [-0.1, -0.05) is 11.6 Å². The average molecular weight is 366 g/mol. The highest BCUT2D eigenvalue weighted by atomic mass is 35.5. The Morgan fingerprint density at radius 2 is 1.72 bits per heavy atom. The summed E-state index contributed by atoms with van der Waals surface area (Å²) in [6.07, 6.45) is 0.507. The summed E-state index contributed by atoms with van der Waals surface area (Å²) in [5.41, 5.74) is 1.87. The standard InChI is InChI=1S/C19H15ClF3NO/c1-2-24-17(25)8-7-14(15-9-13(22)10-16(23)18(15)20)19(24)11-3-5-12(21)6-4-11/h3-6,9-10H,2,7-8H2,1H3. The number of carbonyl (C=O) groups is 1. The van der Waals surface area contributed by atoms with E-state index in [-0.39, 0.29) is 22.9 Å². The molecule has 1 aliphatic rings. The maximum Gasteiger partial charge on any atom is 0.227 e. The molecule has 0 saturated heterocycles. The van der Waals surface area contributed by atoms with Crippen molar-refractivity contribution >= 4 is 28.8 Å². The monoisotopic (exact) mass is 365 g/mol. The molecular weight excluding hydrogens is 351 g/mol. The second-order valence-electron chi connectivity index (χ2n) is 5.72. The van der Waals surface area contributed by atoms with Gasteiger partial charge in [-0.2, -0.15) is 0 Å². The van der Waals surface area contributed by atoms with Crippen LogP contribution in [0.2, 0.25) is 5.02 Å². The van der Waals surface area contributed by atoms with Gasteiger partial charge in [0.25, 0.3) is 0 Å². The first-order valence-corrected chi connectivity index (χ1v) is 8.24. The van der Waals surface area contributed by atoms with Crippen LogP contribution in [0.1, 0.15) is 30.9 Å². The summed E-state index contributed by atoms with van der Waals surface area (Å²) in [7, 11) is 0. The number of nitrogens with zero attached hydrogens (tertiary/aromatic N) is 1. The molecular formula is C19H15ClF3NO. The lowest BCUT2D eigenvalue weighted by atomic mass is 9.91. The minimum absolute atomic E-state index is 0.0985. The molecule has 0 saturated carbocycles. The molecule has 2 aromatic rings. The van der Waals surface area contributed by atoms with E-state index in [0.717, 1.165) is 12.1 Å². The van der Waals surface area contributed by atoms with E-state index >= 15 is 0 Å². The smallest absolute Gasteiger partial charge is 0.227 e. The van der Waals surface area contributed by atoms with E-state index in [1.807, 2.05) is 0 Å². The third kappa shape index (κ3) is 3.29. The Labute approximate surface area is 148 Å². The second kappa shape index (κ2) is 6.92. The third-order valence-corrected chi connectivity index (χ3v) is 4.58. The highest BCUT2D eigenvalue weighted by molar-refractivity contribution is 6.33. The Bertz CT molecular complexity index is 862. The van der Waals surface area contributed by atoms with Gasteiger partial charge in [-0.25, -0.2) is 13.2 Å². The summed E-state index contributed by atoms with van der Waals surface area (Å²) >= 11 is 6.06. The average Bonchev–Trinajstić information content (AvgIpc) is 2.59. The number of halogens is 4. The number of carbonyl (C=O) groups excluding carboxylic acids is 1. The molecule has 0 fully saturated rings. The molecule has 0 N–H and O–H groups in total. The molecule has 2 nitrogen and oxygen atoms in total. The fourth-order valence-corrected chi connectivity index (χ4v) is 3.31. The third-order valence-electron chi connectivity index (χ3n) is 4.20. The molecule has 1 aliphatic heterocycles. The Balaban J connectivity index is 2.29. The van der Waals surface area contributed by atoms with Crippen LogP contribution in [0.15, 0.2) is 36.4 Å². The van der Waals surface area contributed by atoms with Crippen molar-refractivity contribution < 1.29 is 18.0 Å². The molecule has 130 valence electrons. The van der Waals surface area contributed by atoms with Crippen LogP contribution in [0.4, 0.5) is 13.2 Å². The normalized spacial score (nSPS) is 15.1. The molecule has 0 bridgehead atoms. The highest BCUT2D eigenvalue weighted by Crippen LogP contribution is 2.40. The molecule has 0 atom stereocenters. The summed E-state index contributed by atoms with van der Waals surface area (Å²) in [5, 5.41) is -0.193. The first-order chi connectivity index (χ1) is 11.9. The zero-order chi connectivity index (χ0) is 18.1. The van der Waals surface area contributed by atoms with E-state index in [1.165, 1.54) is 29.2 Å². The van der Waals surface area contributed by atoms with Crippen molar-refractivity contribution in [1.29, 1.82) is 0 Å². The molecule has 0 aromatic heterocycles. The molecule has 6 heteroatoms. The number of hydrogen-bond donors (Lipinski definition) is 0. The molecule has 0 unspecified atom stereocenters. The van der Waals surface area contributed by atoms with Crippen molar-refractivity contribution in [3.8, 4) is 0 Å². The van der Waals surface area contributed by atoms with E-state index in [1.54, 1.807) is 6.92 Å². The van der Waals surface area contributed by atoms with Crippen molar-refractivity contribution in [1.82, 2.24) is 4.90 Å². The number of allylic oxidation sites excluding steroid dienone is 1. The van der Waals surface area contributed by atoms with Crippen molar-refractivity contribution in [3.63, 3.8) is 0 Å².